The van der Waals surface area contributed by atoms with Crippen molar-refractivity contribution in [1.82, 2.24) is 4.72 Å². The van der Waals surface area contributed by atoms with Crippen molar-refractivity contribution in [2.24, 2.45) is 5.73 Å². The fourth-order valence-electron chi connectivity index (χ4n) is 1.64. The minimum atomic E-state index is -4.11. The number of hydrogen-bond donors (Lipinski definition) is 2. The van der Waals surface area contributed by atoms with Crippen molar-refractivity contribution in [3.63, 3.8) is 0 Å². The molecule has 0 amide bonds. The summed E-state index contributed by atoms with van der Waals surface area (Å²) in [5.41, 5.74) is 5.54. The van der Waals surface area contributed by atoms with Crippen molar-refractivity contribution in [2.45, 2.75) is 31.2 Å². The largest absolute Gasteiger partial charge is 0.381 e. The Hall–Kier alpha value is -1.09. The van der Waals surface area contributed by atoms with Crippen LogP contribution in [0.1, 0.15) is 25.3 Å². The first-order valence-corrected chi connectivity index (χ1v) is 8.16. The highest BCUT2D eigenvalue weighted by atomic mass is 32.2. The van der Waals surface area contributed by atoms with Gasteiger partial charge in [-0.05, 0) is 30.5 Å². The third-order valence-corrected chi connectivity index (χ3v) is 4.15. The van der Waals surface area contributed by atoms with Gasteiger partial charge in [-0.1, -0.05) is 6.92 Å². The molecule has 8 heteroatoms. The zero-order chi connectivity index (χ0) is 15.9. The van der Waals surface area contributed by atoms with Crippen LogP contribution >= 0.6 is 0 Å². The molecule has 0 atom stereocenters. The first kappa shape index (κ1) is 18.0. The molecule has 0 saturated heterocycles. The van der Waals surface area contributed by atoms with Gasteiger partial charge in [0.25, 0.3) is 0 Å². The van der Waals surface area contributed by atoms with Crippen LogP contribution in [-0.2, 0) is 21.3 Å². The van der Waals surface area contributed by atoms with Gasteiger partial charge in [0.15, 0.2) is 11.6 Å². The minimum Gasteiger partial charge on any atom is -0.381 e. The summed E-state index contributed by atoms with van der Waals surface area (Å²) in [5.74, 6) is -2.63. The van der Waals surface area contributed by atoms with E-state index < -0.39 is 26.6 Å². The number of sulfonamides is 1. The number of halogens is 2. The van der Waals surface area contributed by atoms with Crippen LogP contribution < -0.4 is 10.5 Å². The smallest absolute Gasteiger partial charge is 0.243 e. The van der Waals surface area contributed by atoms with Gasteiger partial charge < -0.3 is 10.5 Å². The molecule has 0 saturated carbocycles. The number of benzene rings is 1. The highest BCUT2D eigenvalue weighted by Crippen LogP contribution is 2.19. The lowest BCUT2D eigenvalue weighted by molar-refractivity contribution is 0.133. The van der Waals surface area contributed by atoms with Crippen molar-refractivity contribution in [1.29, 1.82) is 0 Å². The van der Waals surface area contributed by atoms with Crippen LogP contribution in [0.4, 0.5) is 8.78 Å². The molecule has 5 nitrogen and oxygen atoms in total. The molecule has 0 aromatic heterocycles. The Bertz CT molecular complexity index is 565. The average molecular weight is 322 g/mol. The summed E-state index contributed by atoms with van der Waals surface area (Å²) in [6, 6.07) is 1.92. The Kier molecular flexibility index (Phi) is 7.16. The Labute approximate surface area is 123 Å². The molecular formula is C13H20F2N2O3S. The number of hydrogen-bond acceptors (Lipinski definition) is 4. The molecule has 1 rings (SSSR count). The zero-order valence-corrected chi connectivity index (χ0v) is 12.7. The lowest BCUT2D eigenvalue weighted by atomic mass is 10.2. The van der Waals surface area contributed by atoms with Gasteiger partial charge in [0.1, 0.15) is 4.90 Å². The van der Waals surface area contributed by atoms with Gasteiger partial charge in [0.05, 0.1) is 0 Å². The molecule has 21 heavy (non-hydrogen) atoms. The summed E-state index contributed by atoms with van der Waals surface area (Å²) < 4.78 is 58.3. The normalized spacial score (nSPS) is 11.8. The maximum atomic E-state index is 13.6. The van der Waals surface area contributed by atoms with E-state index in [-0.39, 0.29) is 18.7 Å². The van der Waals surface area contributed by atoms with E-state index in [4.69, 9.17) is 10.5 Å². The highest BCUT2D eigenvalue weighted by molar-refractivity contribution is 7.89. The van der Waals surface area contributed by atoms with Crippen molar-refractivity contribution >= 4 is 10.0 Å². The van der Waals surface area contributed by atoms with Gasteiger partial charge in [-0.25, -0.2) is 21.9 Å². The minimum absolute atomic E-state index is 0.0788. The zero-order valence-electron chi connectivity index (χ0n) is 11.9. The van der Waals surface area contributed by atoms with E-state index in [1.54, 1.807) is 0 Å². The Balaban J connectivity index is 2.72. The standard InChI is InChI=1S/C13H20F2N2O3S/c1-2-5-20-6-3-4-17-21(18,19)12-8-10(9-16)7-11(14)13(12)15/h7-8,17H,2-6,9,16H2,1H3. The summed E-state index contributed by atoms with van der Waals surface area (Å²) in [5, 5.41) is 0. The molecule has 1 aromatic carbocycles. The van der Waals surface area contributed by atoms with Gasteiger partial charge in [0, 0.05) is 26.3 Å². The van der Waals surface area contributed by atoms with Crippen LogP contribution in [0.2, 0.25) is 0 Å². The van der Waals surface area contributed by atoms with E-state index in [1.165, 1.54) is 0 Å². The molecule has 0 fully saturated rings. The number of ether oxygens (including phenoxy) is 1. The van der Waals surface area contributed by atoms with Crippen LogP contribution in [0.15, 0.2) is 17.0 Å². The Morgan fingerprint density at radius 1 is 1.29 bits per heavy atom. The molecule has 3 N–H and O–H groups in total. The van der Waals surface area contributed by atoms with Gasteiger partial charge in [-0.3, -0.25) is 0 Å². The number of nitrogens with two attached hydrogens (primary N) is 1. The van der Waals surface area contributed by atoms with E-state index in [0.717, 1.165) is 18.6 Å². The van der Waals surface area contributed by atoms with Gasteiger partial charge >= 0.3 is 0 Å². The van der Waals surface area contributed by atoms with Crippen molar-refractivity contribution < 1.29 is 21.9 Å². The number of rotatable bonds is 9. The van der Waals surface area contributed by atoms with Crippen molar-refractivity contribution in [3.05, 3.63) is 29.3 Å². The second-order valence-electron chi connectivity index (χ2n) is 4.46. The van der Waals surface area contributed by atoms with E-state index in [1.807, 2.05) is 6.92 Å². The van der Waals surface area contributed by atoms with Crippen LogP contribution in [0, 0.1) is 11.6 Å². The maximum Gasteiger partial charge on any atom is 0.243 e. The van der Waals surface area contributed by atoms with Crippen LogP contribution in [0.25, 0.3) is 0 Å². The second-order valence-corrected chi connectivity index (χ2v) is 6.19. The number of nitrogens with one attached hydrogen (secondary N) is 1. The Morgan fingerprint density at radius 2 is 2.00 bits per heavy atom. The van der Waals surface area contributed by atoms with Crippen LogP contribution in [0.5, 0.6) is 0 Å². The molecule has 120 valence electrons. The third-order valence-electron chi connectivity index (χ3n) is 2.69. The molecule has 0 spiro atoms. The summed E-state index contributed by atoms with van der Waals surface area (Å²) in [7, 11) is -4.11. The lowest BCUT2D eigenvalue weighted by Gasteiger charge is -2.10. The monoisotopic (exact) mass is 322 g/mol. The van der Waals surface area contributed by atoms with E-state index in [9.17, 15) is 17.2 Å². The summed E-state index contributed by atoms with van der Waals surface area (Å²) in [6.07, 6.45) is 1.32. The highest BCUT2D eigenvalue weighted by Gasteiger charge is 2.22. The molecular weight excluding hydrogens is 302 g/mol. The molecule has 0 aliphatic carbocycles. The molecule has 0 bridgehead atoms. The van der Waals surface area contributed by atoms with Gasteiger partial charge in [-0.2, -0.15) is 0 Å². The topological polar surface area (TPSA) is 81.4 Å². The summed E-state index contributed by atoms with van der Waals surface area (Å²) in [6.45, 7) is 2.97. The molecule has 0 radical (unpaired) electrons. The Morgan fingerprint density at radius 3 is 2.62 bits per heavy atom. The molecule has 1 aromatic rings. The fraction of sp³-hybridized carbons (Fsp3) is 0.538. The summed E-state index contributed by atoms with van der Waals surface area (Å²) in [4.78, 5) is -0.725. The fourth-order valence-corrected chi connectivity index (χ4v) is 2.84. The SMILES string of the molecule is CCCOCCCNS(=O)(=O)c1cc(CN)cc(F)c1F. The van der Waals surface area contributed by atoms with Crippen LogP contribution in [-0.4, -0.2) is 28.2 Å². The predicted octanol–water partition coefficient (Wildman–Crippen LogP) is 1.52. The van der Waals surface area contributed by atoms with Crippen molar-refractivity contribution in [2.75, 3.05) is 19.8 Å². The molecule has 0 aliphatic heterocycles. The van der Waals surface area contributed by atoms with E-state index >= 15 is 0 Å². The molecule has 0 heterocycles. The third kappa shape index (κ3) is 5.31. The van der Waals surface area contributed by atoms with Gasteiger partial charge in [0.2, 0.25) is 10.0 Å². The predicted molar refractivity (Wildman–Crippen MR) is 75.2 cm³/mol. The quantitative estimate of drug-likeness (QED) is 0.675. The van der Waals surface area contributed by atoms with Crippen molar-refractivity contribution in [3.8, 4) is 0 Å². The first-order valence-electron chi connectivity index (χ1n) is 6.67. The second kappa shape index (κ2) is 8.38. The molecule has 0 aliphatic rings. The van der Waals surface area contributed by atoms with Crippen LogP contribution in [0.3, 0.4) is 0 Å². The van der Waals surface area contributed by atoms with Gasteiger partial charge in [-0.15, -0.1) is 0 Å². The van der Waals surface area contributed by atoms with E-state index in [2.05, 4.69) is 4.72 Å². The lowest BCUT2D eigenvalue weighted by Crippen LogP contribution is -2.27. The maximum absolute atomic E-state index is 13.6. The average Bonchev–Trinajstić information content (AvgIpc) is 2.45. The van der Waals surface area contributed by atoms with E-state index in [0.29, 0.717) is 19.6 Å². The summed E-state index contributed by atoms with van der Waals surface area (Å²) >= 11 is 0. The first-order chi connectivity index (χ1) is 9.92. The molecule has 0 unspecified atom stereocenters.